The summed E-state index contributed by atoms with van der Waals surface area (Å²) in [5.41, 5.74) is 9.42. The first-order chi connectivity index (χ1) is 16.4. The molecule has 180 valence electrons. The molecular weight excluding hydrogens is 436 g/mol. The van der Waals surface area contributed by atoms with Gasteiger partial charge in [0.05, 0.1) is 11.8 Å². The minimum absolute atomic E-state index is 0.219. The number of para-hydroxylation sites is 3. The molecule has 2 aromatic carbocycles. The fraction of sp³-hybridized carbons (Fsp3) is 0.320. The van der Waals surface area contributed by atoms with Gasteiger partial charge in [0, 0.05) is 44.0 Å². The predicted molar refractivity (Wildman–Crippen MR) is 131 cm³/mol. The van der Waals surface area contributed by atoms with Crippen molar-refractivity contribution in [2.75, 3.05) is 31.1 Å². The highest BCUT2D eigenvalue weighted by molar-refractivity contribution is 5.97. The Morgan fingerprint density at radius 3 is 2.21 bits per heavy atom. The zero-order valence-electron chi connectivity index (χ0n) is 19.1. The van der Waals surface area contributed by atoms with E-state index in [1.807, 2.05) is 24.3 Å². The number of carbonyl (C=O) groups is 2. The normalized spacial score (nSPS) is 18.7. The average Bonchev–Trinajstić information content (AvgIpc) is 2.85. The third kappa shape index (κ3) is 6.66. The van der Waals surface area contributed by atoms with Crippen LogP contribution in [0.25, 0.3) is 0 Å². The number of fused-ring (bicyclic) bond motifs is 1. The second-order valence-corrected chi connectivity index (χ2v) is 7.84. The third-order valence-electron chi connectivity index (χ3n) is 5.63. The van der Waals surface area contributed by atoms with Crippen molar-refractivity contribution in [2.24, 2.45) is 10.7 Å². The maximum Gasteiger partial charge on any atom is 0.328 e. The lowest BCUT2D eigenvalue weighted by Crippen LogP contribution is -2.56. The van der Waals surface area contributed by atoms with Crippen LogP contribution in [0.1, 0.15) is 13.3 Å². The van der Waals surface area contributed by atoms with Gasteiger partial charge in [0.15, 0.2) is 6.23 Å². The lowest BCUT2D eigenvalue weighted by atomic mass is 10.0. The minimum Gasteiger partial charge on any atom is -0.478 e. The van der Waals surface area contributed by atoms with Gasteiger partial charge in [-0.1, -0.05) is 37.3 Å². The summed E-state index contributed by atoms with van der Waals surface area (Å²) in [6, 6.07) is 18.7. The number of benzene rings is 2. The Morgan fingerprint density at radius 2 is 1.62 bits per heavy atom. The molecule has 2 aromatic rings. The highest BCUT2D eigenvalue weighted by Crippen LogP contribution is 2.32. The van der Waals surface area contributed by atoms with Gasteiger partial charge in [0.1, 0.15) is 11.4 Å². The number of hydrogen-bond acceptors (Lipinski definition) is 7. The van der Waals surface area contributed by atoms with Gasteiger partial charge in [-0.3, -0.25) is 10.6 Å². The SMILES string of the molecule is CCC(C1=Nc2ccccc2OC1N)N1CCN(c2ccccc2)CC1.O=C(O)C=CC(=O)O. The predicted octanol–water partition coefficient (Wildman–Crippen LogP) is 2.75. The van der Waals surface area contributed by atoms with Crippen LogP contribution in [0.3, 0.4) is 0 Å². The summed E-state index contributed by atoms with van der Waals surface area (Å²) in [4.78, 5) is 28.9. The van der Waals surface area contributed by atoms with Gasteiger partial charge in [0.25, 0.3) is 0 Å². The van der Waals surface area contributed by atoms with Crippen LogP contribution in [0.2, 0.25) is 0 Å². The molecule has 2 heterocycles. The van der Waals surface area contributed by atoms with Crippen molar-refractivity contribution in [3.8, 4) is 5.75 Å². The lowest BCUT2D eigenvalue weighted by molar-refractivity contribution is -0.134. The Labute approximate surface area is 198 Å². The van der Waals surface area contributed by atoms with Crippen molar-refractivity contribution in [3.05, 3.63) is 66.7 Å². The summed E-state index contributed by atoms with van der Waals surface area (Å²) in [5, 5.41) is 15.6. The van der Waals surface area contributed by atoms with Gasteiger partial charge in [0.2, 0.25) is 0 Å². The number of carboxylic acid groups (broad SMARTS) is 2. The first-order valence-electron chi connectivity index (χ1n) is 11.2. The Hall–Kier alpha value is -3.69. The number of hydrogen-bond donors (Lipinski definition) is 3. The number of nitrogens with two attached hydrogens (primary N) is 1. The van der Waals surface area contributed by atoms with Crippen LogP contribution in [-0.4, -0.2) is 71.2 Å². The summed E-state index contributed by atoms with van der Waals surface area (Å²) in [6.07, 6.45) is 1.62. The molecule has 0 bridgehead atoms. The van der Waals surface area contributed by atoms with Crippen LogP contribution in [-0.2, 0) is 9.59 Å². The molecule has 0 aromatic heterocycles. The monoisotopic (exact) mass is 466 g/mol. The molecule has 34 heavy (non-hydrogen) atoms. The summed E-state index contributed by atoms with van der Waals surface area (Å²) >= 11 is 0. The third-order valence-corrected chi connectivity index (χ3v) is 5.63. The van der Waals surface area contributed by atoms with Gasteiger partial charge in [-0.2, -0.15) is 0 Å². The van der Waals surface area contributed by atoms with Crippen molar-refractivity contribution in [1.82, 2.24) is 4.90 Å². The van der Waals surface area contributed by atoms with Crippen LogP contribution >= 0.6 is 0 Å². The fourth-order valence-corrected chi connectivity index (χ4v) is 4.04. The topological polar surface area (TPSA) is 129 Å². The number of piperazine rings is 1. The summed E-state index contributed by atoms with van der Waals surface area (Å²) in [6.45, 7) is 6.23. The summed E-state index contributed by atoms with van der Waals surface area (Å²) in [7, 11) is 0. The highest BCUT2D eigenvalue weighted by atomic mass is 16.5. The molecule has 0 radical (unpaired) electrons. The molecule has 0 spiro atoms. The highest BCUT2D eigenvalue weighted by Gasteiger charge is 2.32. The summed E-state index contributed by atoms with van der Waals surface area (Å²) in [5.74, 6) is -1.74. The second-order valence-electron chi connectivity index (χ2n) is 7.84. The van der Waals surface area contributed by atoms with Crippen LogP contribution in [0.4, 0.5) is 11.4 Å². The van der Waals surface area contributed by atoms with E-state index < -0.39 is 18.2 Å². The van der Waals surface area contributed by atoms with Crippen LogP contribution in [0, 0.1) is 0 Å². The largest absolute Gasteiger partial charge is 0.478 e. The molecule has 1 fully saturated rings. The number of aliphatic imine (C=N–C) groups is 1. The molecule has 2 unspecified atom stereocenters. The average molecular weight is 467 g/mol. The Morgan fingerprint density at radius 1 is 1.03 bits per heavy atom. The van der Waals surface area contributed by atoms with E-state index in [1.54, 1.807) is 0 Å². The number of ether oxygens (including phenoxy) is 1. The molecule has 0 aliphatic carbocycles. The minimum atomic E-state index is -1.26. The standard InChI is InChI=1S/C21H26N4O.C4H4O4/c1-2-18(20-21(22)26-19-11-7-6-10-17(19)23-20)25-14-12-24(13-15-25)16-8-4-3-5-9-16;5-3(6)1-2-4(7)8/h3-11,18,21H,2,12-15,22H2,1H3;1-2H,(H,5,6)(H,7,8). The Balaban J connectivity index is 0.000000350. The van der Waals surface area contributed by atoms with Gasteiger partial charge in [-0.15, -0.1) is 0 Å². The van der Waals surface area contributed by atoms with E-state index in [9.17, 15) is 9.59 Å². The zero-order chi connectivity index (χ0) is 24.5. The molecular formula is C25H30N4O5. The van der Waals surface area contributed by atoms with Crippen molar-refractivity contribution in [2.45, 2.75) is 25.6 Å². The lowest BCUT2D eigenvalue weighted by Gasteiger charge is -2.41. The number of carboxylic acids is 2. The number of nitrogens with zero attached hydrogens (tertiary/aromatic N) is 3. The van der Waals surface area contributed by atoms with Gasteiger partial charge in [-0.05, 0) is 30.7 Å². The van der Waals surface area contributed by atoms with E-state index in [0.29, 0.717) is 12.2 Å². The Kier molecular flexibility index (Phi) is 8.78. The molecule has 2 aliphatic rings. The summed E-state index contributed by atoms with van der Waals surface area (Å²) < 4.78 is 5.92. The fourth-order valence-electron chi connectivity index (χ4n) is 4.04. The van der Waals surface area contributed by atoms with Crippen molar-refractivity contribution in [3.63, 3.8) is 0 Å². The molecule has 9 nitrogen and oxygen atoms in total. The molecule has 9 heteroatoms. The van der Waals surface area contributed by atoms with E-state index >= 15 is 0 Å². The Bertz CT molecular complexity index is 1020. The van der Waals surface area contributed by atoms with E-state index in [1.165, 1.54) is 5.69 Å². The molecule has 4 rings (SSSR count). The smallest absolute Gasteiger partial charge is 0.328 e. The van der Waals surface area contributed by atoms with Crippen LogP contribution < -0.4 is 15.4 Å². The van der Waals surface area contributed by atoms with E-state index in [-0.39, 0.29) is 6.04 Å². The molecule has 1 saturated heterocycles. The molecule has 2 atom stereocenters. The molecule has 0 saturated carbocycles. The van der Waals surface area contributed by atoms with E-state index in [0.717, 1.165) is 49.7 Å². The van der Waals surface area contributed by atoms with Crippen LogP contribution in [0.5, 0.6) is 5.75 Å². The number of aliphatic carboxylic acids is 2. The first kappa shape index (κ1) is 24.9. The molecule has 2 aliphatic heterocycles. The van der Waals surface area contributed by atoms with Crippen molar-refractivity contribution >= 4 is 29.0 Å². The van der Waals surface area contributed by atoms with E-state index in [2.05, 4.69) is 47.1 Å². The van der Waals surface area contributed by atoms with Crippen molar-refractivity contribution < 1.29 is 24.5 Å². The van der Waals surface area contributed by atoms with Gasteiger partial charge >= 0.3 is 11.9 Å². The number of anilines is 1. The molecule has 4 N–H and O–H groups in total. The maximum atomic E-state index is 9.55. The van der Waals surface area contributed by atoms with Gasteiger partial charge < -0.3 is 19.8 Å². The molecule has 0 amide bonds. The van der Waals surface area contributed by atoms with E-state index in [4.69, 9.17) is 25.7 Å². The van der Waals surface area contributed by atoms with Crippen LogP contribution in [0.15, 0.2) is 71.7 Å². The first-order valence-corrected chi connectivity index (χ1v) is 11.2. The second kappa shape index (κ2) is 12.0. The quantitative estimate of drug-likeness (QED) is 0.555. The van der Waals surface area contributed by atoms with Gasteiger partial charge in [-0.25, -0.2) is 14.6 Å². The maximum absolute atomic E-state index is 9.55. The van der Waals surface area contributed by atoms with Crippen molar-refractivity contribution in [1.29, 1.82) is 0 Å². The zero-order valence-corrected chi connectivity index (χ0v) is 19.1. The number of rotatable bonds is 6.